The Morgan fingerprint density at radius 3 is 2.71 bits per heavy atom. The molecule has 0 unspecified atom stereocenters. The van der Waals surface area contributed by atoms with E-state index in [1.807, 2.05) is 6.07 Å². The highest BCUT2D eigenvalue weighted by atomic mass is 16.5. The smallest absolute Gasteiger partial charge is 0.161 e. The van der Waals surface area contributed by atoms with Crippen molar-refractivity contribution in [2.45, 2.75) is 45.6 Å². The fourth-order valence-electron chi connectivity index (χ4n) is 2.18. The maximum atomic E-state index is 5.77. The van der Waals surface area contributed by atoms with Crippen molar-refractivity contribution in [3.63, 3.8) is 0 Å². The van der Waals surface area contributed by atoms with Crippen molar-refractivity contribution in [3.05, 3.63) is 29.3 Å². The van der Waals surface area contributed by atoms with E-state index in [0.29, 0.717) is 6.61 Å². The third-order valence-electron chi connectivity index (χ3n) is 3.67. The number of hydrogen-bond acceptors (Lipinski definition) is 3. The van der Waals surface area contributed by atoms with Crippen molar-refractivity contribution in [1.29, 1.82) is 0 Å². The first kappa shape index (κ1) is 15.9. The quantitative estimate of drug-likeness (QED) is 0.744. The molecule has 0 heterocycles. The van der Waals surface area contributed by atoms with Gasteiger partial charge in [-0.2, -0.15) is 0 Å². The molecule has 116 valence electrons. The summed E-state index contributed by atoms with van der Waals surface area (Å²) in [7, 11) is 1.68. The summed E-state index contributed by atoms with van der Waals surface area (Å²) in [6.07, 6.45) is 6.97. The van der Waals surface area contributed by atoms with E-state index < -0.39 is 0 Å². The average molecular weight is 289 g/mol. The van der Waals surface area contributed by atoms with Crippen LogP contribution in [-0.2, 0) is 0 Å². The standard InChI is InChI=1S/C18H27NO2/c1-4-10-21-18-12-15(6-9-17(18)20-3)11-14(5-2)13-19-16-7-8-16/h6,9,11-12,16,19H,4-5,7-8,10,13H2,1-3H3. The molecule has 0 amide bonds. The average Bonchev–Trinajstić information content (AvgIpc) is 3.33. The Kier molecular flexibility index (Phi) is 6.12. The molecule has 1 fully saturated rings. The predicted octanol–water partition coefficient (Wildman–Crippen LogP) is 4.03. The van der Waals surface area contributed by atoms with Gasteiger partial charge in [0.25, 0.3) is 0 Å². The highest BCUT2D eigenvalue weighted by Gasteiger charge is 2.20. The summed E-state index contributed by atoms with van der Waals surface area (Å²) in [5.74, 6) is 1.63. The third kappa shape index (κ3) is 5.09. The van der Waals surface area contributed by atoms with E-state index in [1.165, 1.54) is 24.0 Å². The molecular formula is C18H27NO2. The molecule has 0 radical (unpaired) electrons. The number of benzene rings is 1. The number of hydrogen-bond donors (Lipinski definition) is 1. The summed E-state index contributed by atoms with van der Waals surface area (Å²) in [6.45, 7) is 6.01. The maximum absolute atomic E-state index is 5.77. The summed E-state index contributed by atoms with van der Waals surface area (Å²) in [5, 5.41) is 3.58. The Labute approximate surface area is 128 Å². The minimum absolute atomic E-state index is 0.716. The molecule has 3 nitrogen and oxygen atoms in total. The van der Waals surface area contributed by atoms with Gasteiger partial charge in [-0.15, -0.1) is 0 Å². The molecule has 3 heteroatoms. The molecule has 0 bridgehead atoms. The van der Waals surface area contributed by atoms with E-state index >= 15 is 0 Å². The highest BCUT2D eigenvalue weighted by molar-refractivity contribution is 5.58. The molecule has 1 aromatic rings. The third-order valence-corrected chi connectivity index (χ3v) is 3.67. The topological polar surface area (TPSA) is 30.5 Å². The van der Waals surface area contributed by atoms with Crippen LogP contribution >= 0.6 is 0 Å². The van der Waals surface area contributed by atoms with Gasteiger partial charge in [0, 0.05) is 12.6 Å². The normalized spacial score (nSPS) is 15.1. The first-order chi connectivity index (χ1) is 10.3. The minimum atomic E-state index is 0.716. The van der Waals surface area contributed by atoms with E-state index in [2.05, 4.69) is 37.4 Å². The summed E-state index contributed by atoms with van der Waals surface area (Å²) in [4.78, 5) is 0. The highest BCUT2D eigenvalue weighted by Crippen LogP contribution is 2.29. The van der Waals surface area contributed by atoms with E-state index in [1.54, 1.807) is 7.11 Å². The van der Waals surface area contributed by atoms with Crippen molar-refractivity contribution in [2.24, 2.45) is 0 Å². The zero-order valence-corrected chi connectivity index (χ0v) is 13.4. The summed E-state index contributed by atoms with van der Waals surface area (Å²) in [6, 6.07) is 6.89. The van der Waals surface area contributed by atoms with Crippen LogP contribution < -0.4 is 14.8 Å². The van der Waals surface area contributed by atoms with Gasteiger partial charge in [0.05, 0.1) is 13.7 Å². The molecule has 0 aromatic heterocycles. The van der Waals surface area contributed by atoms with Crippen LogP contribution in [0.3, 0.4) is 0 Å². The second-order valence-electron chi connectivity index (χ2n) is 5.57. The summed E-state index contributed by atoms with van der Waals surface area (Å²) < 4.78 is 11.1. The van der Waals surface area contributed by atoms with Gasteiger partial charge >= 0.3 is 0 Å². The van der Waals surface area contributed by atoms with Crippen LogP contribution in [0.5, 0.6) is 11.5 Å². The van der Waals surface area contributed by atoms with Gasteiger partial charge in [-0.25, -0.2) is 0 Å². The molecule has 2 rings (SSSR count). The van der Waals surface area contributed by atoms with Crippen molar-refractivity contribution >= 4 is 6.08 Å². The van der Waals surface area contributed by atoms with Gasteiger partial charge in [-0.1, -0.05) is 31.6 Å². The number of rotatable bonds is 9. The fraction of sp³-hybridized carbons (Fsp3) is 0.556. The molecule has 0 spiro atoms. The van der Waals surface area contributed by atoms with E-state index in [9.17, 15) is 0 Å². The van der Waals surface area contributed by atoms with E-state index in [-0.39, 0.29) is 0 Å². The van der Waals surface area contributed by atoms with E-state index in [4.69, 9.17) is 9.47 Å². The first-order valence-corrected chi connectivity index (χ1v) is 8.00. The second kappa shape index (κ2) is 8.08. The molecule has 1 aliphatic carbocycles. The SMILES string of the molecule is CCCOc1cc(C=C(CC)CNC2CC2)ccc1OC. The second-order valence-corrected chi connectivity index (χ2v) is 5.57. The van der Waals surface area contributed by atoms with Crippen molar-refractivity contribution in [3.8, 4) is 11.5 Å². The van der Waals surface area contributed by atoms with Crippen LogP contribution in [0.1, 0.15) is 45.1 Å². The molecule has 0 saturated heterocycles. The van der Waals surface area contributed by atoms with Crippen LogP contribution in [0, 0.1) is 0 Å². The first-order valence-electron chi connectivity index (χ1n) is 8.00. The minimum Gasteiger partial charge on any atom is -0.493 e. The van der Waals surface area contributed by atoms with Crippen molar-refractivity contribution in [1.82, 2.24) is 5.32 Å². The molecule has 1 saturated carbocycles. The van der Waals surface area contributed by atoms with E-state index in [0.717, 1.165) is 36.9 Å². The molecular weight excluding hydrogens is 262 g/mol. The Balaban J connectivity index is 2.08. The van der Waals surface area contributed by atoms with Crippen LogP contribution in [-0.4, -0.2) is 26.3 Å². The zero-order chi connectivity index (χ0) is 15.1. The monoisotopic (exact) mass is 289 g/mol. The lowest BCUT2D eigenvalue weighted by Gasteiger charge is -2.11. The molecule has 0 aliphatic heterocycles. The van der Waals surface area contributed by atoms with Gasteiger partial charge in [-0.3, -0.25) is 0 Å². The van der Waals surface area contributed by atoms with Crippen molar-refractivity contribution < 1.29 is 9.47 Å². The summed E-state index contributed by atoms with van der Waals surface area (Å²) >= 11 is 0. The number of nitrogens with one attached hydrogen (secondary N) is 1. The van der Waals surface area contributed by atoms with Gasteiger partial charge in [0.1, 0.15) is 0 Å². The molecule has 21 heavy (non-hydrogen) atoms. The molecule has 1 N–H and O–H groups in total. The Morgan fingerprint density at radius 1 is 1.29 bits per heavy atom. The van der Waals surface area contributed by atoms with Crippen LogP contribution in [0.25, 0.3) is 6.08 Å². The van der Waals surface area contributed by atoms with Gasteiger partial charge < -0.3 is 14.8 Å². The summed E-state index contributed by atoms with van der Waals surface area (Å²) in [5.41, 5.74) is 2.60. The lowest BCUT2D eigenvalue weighted by atomic mass is 10.1. The van der Waals surface area contributed by atoms with Crippen LogP contribution in [0.2, 0.25) is 0 Å². The fourth-order valence-corrected chi connectivity index (χ4v) is 2.18. The maximum Gasteiger partial charge on any atom is 0.161 e. The molecule has 0 atom stereocenters. The largest absolute Gasteiger partial charge is 0.493 e. The van der Waals surface area contributed by atoms with Crippen LogP contribution in [0.4, 0.5) is 0 Å². The van der Waals surface area contributed by atoms with Crippen LogP contribution in [0.15, 0.2) is 23.8 Å². The Bertz CT molecular complexity index is 478. The van der Waals surface area contributed by atoms with Gasteiger partial charge in [-0.05, 0) is 43.4 Å². The number of ether oxygens (including phenoxy) is 2. The molecule has 1 aromatic carbocycles. The predicted molar refractivity (Wildman–Crippen MR) is 88.1 cm³/mol. The van der Waals surface area contributed by atoms with Gasteiger partial charge in [0.15, 0.2) is 11.5 Å². The lowest BCUT2D eigenvalue weighted by Crippen LogP contribution is -2.18. The zero-order valence-electron chi connectivity index (χ0n) is 13.4. The Hall–Kier alpha value is -1.48. The lowest BCUT2D eigenvalue weighted by molar-refractivity contribution is 0.294. The Morgan fingerprint density at radius 2 is 2.10 bits per heavy atom. The van der Waals surface area contributed by atoms with Crippen molar-refractivity contribution in [2.75, 3.05) is 20.3 Å². The molecule has 1 aliphatic rings. The number of methoxy groups -OCH3 is 1. The van der Waals surface area contributed by atoms with Gasteiger partial charge in [0.2, 0.25) is 0 Å².